The van der Waals surface area contributed by atoms with Gasteiger partial charge < -0.3 is 0 Å². The van der Waals surface area contributed by atoms with Crippen molar-refractivity contribution in [2.45, 2.75) is 5.41 Å². The number of rotatable bonds is 4. The van der Waals surface area contributed by atoms with Crippen molar-refractivity contribution in [1.29, 1.82) is 0 Å². The molecule has 2 aliphatic carbocycles. The Morgan fingerprint density at radius 3 is 1.40 bits per heavy atom. The zero-order valence-electron chi connectivity index (χ0n) is 28.7. The Hall–Kier alpha value is -6.97. The number of nitrogens with zero attached hydrogens (tertiary/aromatic N) is 3. The van der Waals surface area contributed by atoms with E-state index in [1.807, 2.05) is 36.4 Å². The van der Waals surface area contributed by atoms with Crippen molar-refractivity contribution in [3.05, 3.63) is 210 Å². The van der Waals surface area contributed by atoms with Crippen molar-refractivity contribution in [2.75, 3.05) is 0 Å². The molecule has 0 saturated heterocycles. The molecule has 9 aromatic rings. The van der Waals surface area contributed by atoms with Gasteiger partial charge in [0.15, 0.2) is 5.82 Å². The van der Waals surface area contributed by atoms with Crippen LogP contribution in [-0.2, 0) is 5.41 Å². The summed E-state index contributed by atoms with van der Waals surface area (Å²) in [4.78, 5) is 15.7. The van der Waals surface area contributed by atoms with Crippen molar-refractivity contribution in [1.82, 2.24) is 15.0 Å². The van der Waals surface area contributed by atoms with Gasteiger partial charge >= 0.3 is 0 Å². The largest absolute Gasteiger partial charge is 0.247 e. The van der Waals surface area contributed by atoms with Gasteiger partial charge in [0.1, 0.15) is 0 Å². The predicted molar refractivity (Wildman–Crippen MR) is 215 cm³/mol. The maximum Gasteiger partial charge on any atom is 0.160 e. The summed E-state index contributed by atoms with van der Waals surface area (Å²) < 4.78 is 0. The minimum atomic E-state index is -0.450. The molecule has 0 N–H and O–H groups in total. The van der Waals surface area contributed by atoms with E-state index in [0.29, 0.717) is 5.82 Å². The van der Waals surface area contributed by atoms with Crippen LogP contribution in [0.15, 0.2) is 188 Å². The van der Waals surface area contributed by atoms with Crippen LogP contribution >= 0.6 is 0 Å². The molecule has 246 valence electrons. The monoisotopic (exact) mass is 673 g/mol. The van der Waals surface area contributed by atoms with Gasteiger partial charge in [-0.2, -0.15) is 0 Å². The summed E-state index contributed by atoms with van der Waals surface area (Å²) in [5, 5.41) is 2.38. The molecule has 53 heavy (non-hydrogen) atoms. The van der Waals surface area contributed by atoms with Crippen molar-refractivity contribution < 1.29 is 0 Å². The highest BCUT2D eigenvalue weighted by Gasteiger charge is 2.53. The highest BCUT2D eigenvalue weighted by molar-refractivity contribution is 6.06. The third-order valence-corrected chi connectivity index (χ3v) is 11.1. The quantitative estimate of drug-likeness (QED) is 0.187. The smallest absolute Gasteiger partial charge is 0.160 e. The first-order valence-electron chi connectivity index (χ1n) is 18.1. The van der Waals surface area contributed by atoms with Crippen LogP contribution in [0.25, 0.3) is 78.3 Å². The van der Waals surface area contributed by atoms with Gasteiger partial charge in [-0.1, -0.05) is 182 Å². The molecule has 11 rings (SSSR count). The number of aromatic nitrogens is 3. The molecule has 0 aliphatic heterocycles. The Morgan fingerprint density at radius 1 is 0.321 bits per heavy atom. The lowest BCUT2D eigenvalue weighted by Gasteiger charge is -2.31. The van der Waals surface area contributed by atoms with E-state index in [0.717, 1.165) is 50.4 Å². The van der Waals surface area contributed by atoms with Gasteiger partial charge in [0.2, 0.25) is 0 Å². The van der Waals surface area contributed by atoms with Gasteiger partial charge in [0.25, 0.3) is 0 Å². The number of hydrogen-bond acceptors (Lipinski definition) is 3. The molecule has 0 radical (unpaired) electrons. The van der Waals surface area contributed by atoms with E-state index >= 15 is 0 Å². The van der Waals surface area contributed by atoms with Gasteiger partial charge in [0, 0.05) is 38.8 Å². The van der Waals surface area contributed by atoms with Crippen molar-refractivity contribution in [2.24, 2.45) is 0 Å². The van der Waals surface area contributed by atoms with E-state index in [9.17, 15) is 0 Å². The van der Waals surface area contributed by atoms with Crippen LogP contribution < -0.4 is 0 Å². The molecule has 1 spiro atoms. The number of pyridine rings is 1. The number of benzene rings is 7. The molecule has 2 heterocycles. The van der Waals surface area contributed by atoms with Gasteiger partial charge in [-0.25, -0.2) is 15.0 Å². The van der Waals surface area contributed by atoms with Crippen LogP contribution in [0.3, 0.4) is 0 Å². The second kappa shape index (κ2) is 11.5. The molecular formula is C50H31N3. The van der Waals surface area contributed by atoms with Crippen molar-refractivity contribution in [3.8, 4) is 67.5 Å². The Morgan fingerprint density at radius 2 is 0.774 bits per heavy atom. The molecule has 0 amide bonds. The Kier molecular flexibility index (Phi) is 6.47. The second-order valence-corrected chi connectivity index (χ2v) is 13.9. The van der Waals surface area contributed by atoms with E-state index in [2.05, 4.69) is 152 Å². The minimum absolute atomic E-state index is 0.450. The van der Waals surface area contributed by atoms with Gasteiger partial charge in [0.05, 0.1) is 28.2 Å². The van der Waals surface area contributed by atoms with Gasteiger partial charge in [-0.15, -0.1) is 0 Å². The minimum Gasteiger partial charge on any atom is -0.247 e. The Bertz CT molecular complexity index is 2770. The average molecular weight is 674 g/mol. The molecule has 0 fully saturated rings. The second-order valence-electron chi connectivity index (χ2n) is 13.9. The van der Waals surface area contributed by atoms with E-state index in [1.165, 1.54) is 44.3 Å². The van der Waals surface area contributed by atoms with E-state index in [4.69, 9.17) is 15.0 Å². The van der Waals surface area contributed by atoms with Gasteiger partial charge in [-0.3, -0.25) is 0 Å². The number of fused-ring (bicyclic) bond motifs is 12. The van der Waals surface area contributed by atoms with Crippen molar-refractivity contribution >= 4 is 10.8 Å². The standard InChI is InChI=1S/C50H31N3/c1-3-15-32(16-4-1)44-31-45(52-49(51-44)35-17-5-2-6-18-35)33-27-29-34(30-28-33)47-39-22-8-7-21-38(39)46-48(53-47)40-23-11-14-26-43(40)50(46)41-24-12-9-19-36(41)37-20-10-13-25-42(37)50/h1-31H. The zero-order valence-corrected chi connectivity index (χ0v) is 28.7. The first kappa shape index (κ1) is 29.7. The lowest BCUT2D eigenvalue weighted by Crippen LogP contribution is -2.26. The van der Waals surface area contributed by atoms with E-state index in [1.54, 1.807) is 0 Å². The fourth-order valence-corrected chi connectivity index (χ4v) is 8.87. The summed E-state index contributed by atoms with van der Waals surface area (Å²) in [5.41, 5.74) is 16.5. The summed E-state index contributed by atoms with van der Waals surface area (Å²) in [7, 11) is 0. The van der Waals surface area contributed by atoms with Crippen LogP contribution in [0.5, 0.6) is 0 Å². The molecule has 0 atom stereocenters. The summed E-state index contributed by atoms with van der Waals surface area (Å²) in [5.74, 6) is 0.708. The normalized spacial score (nSPS) is 13.1. The Balaban J connectivity index is 1.10. The lowest BCUT2D eigenvalue weighted by molar-refractivity contribution is 0.799. The maximum absolute atomic E-state index is 5.64. The molecule has 0 bridgehead atoms. The molecule has 3 heteroatoms. The van der Waals surface area contributed by atoms with Crippen LogP contribution in [-0.4, -0.2) is 15.0 Å². The molecule has 7 aromatic carbocycles. The lowest BCUT2D eigenvalue weighted by atomic mass is 9.69. The maximum atomic E-state index is 5.64. The highest BCUT2D eigenvalue weighted by atomic mass is 14.9. The molecule has 0 unspecified atom stereocenters. The summed E-state index contributed by atoms with van der Waals surface area (Å²) in [6.07, 6.45) is 0. The fraction of sp³-hybridized carbons (Fsp3) is 0.0200. The molecule has 3 nitrogen and oxygen atoms in total. The number of hydrogen-bond donors (Lipinski definition) is 0. The first-order chi connectivity index (χ1) is 26.3. The van der Waals surface area contributed by atoms with Crippen LogP contribution in [0.1, 0.15) is 22.3 Å². The summed E-state index contributed by atoms with van der Waals surface area (Å²) >= 11 is 0. The molecule has 0 saturated carbocycles. The topological polar surface area (TPSA) is 38.7 Å². The van der Waals surface area contributed by atoms with Crippen LogP contribution in [0.4, 0.5) is 0 Å². The third kappa shape index (κ3) is 4.31. The van der Waals surface area contributed by atoms with E-state index < -0.39 is 5.41 Å². The molecule has 2 aromatic heterocycles. The SMILES string of the molecule is c1ccc(-c2cc(-c3ccc(-c4nc5c(c6ccccc46)C4(c6ccccc6-c6ccccc64)c4ccccc4-5)cc3)nc(-c3ccccc3)n2)cc1. The fourth-order valence-electron chi connectivity index (χ4n) is 8.87. The van der Waals surface area contributed by atoms with Crippen LogP contribution in [0.2, 0.25) is 0 Å². The zero-order chi connectivity index (χ0) is 34.9. The van der Waals surface area contributed by atoms with Crippen molar-refractivity contribution in [3.63, 3.8) is 0 Å². The van der Waals surface area contributed by atoms with E-state index in [-0.39, 0.29) is 0 Å². The average Bonchev–Trinajstić information content (AvgIpc) is 3.71. The van der Waals surface area contributed by atoms with Gasteiger partial charge in [-0.05, 0) is 39.3 Å². The molecular weight excluding hydrogens is 643 g/mol. The Labute approximate surface area is 308 Å². The first-order valence-corrected chi connectivity index (χ1v) is 18.1. The third-order valence-electron chi connectivity index (χ3n) is 11.1. The molecule has 2 aliphatic rings. The summed E-state index contributed by atoms with van der Waals surface area (Å²) in [6.45, 7) is 0. The summed E-state index contributed by atoms with van der Waals surface area (Å²) in [6, 6.07) is 66.9. The van der Waals surface area contributed by atoms with Crippen LogP contribution in [0, 0.1) is 0 Å². The predicted octanol–water partition coefficient (Wildman–Crippen LogP) is 12.0. The highest BCUT2D eigenvalue weighted by Crippen LogP contribution is 2.64.